The molecular weight excluding hydrogens is 175 g/mol. The van der Waals surface area contributed by atoms with Gasteiger partial charge < -0.3 is 0 Å². The Kier molecular flexibility index (Phi) is 2.92. The van der Waals surface area contributed by atoms with E-state index in [0.717, 1.165) is 4.88 Å². The van der Waals surface area contributed by atoms with Crippen molar-refractivity contribution in [1.29, 1.82) is 0 Å². The molecule has 12 heavy (non-hydrogen) atoms. The van der Waals surface area contributed by atoms with E-state index in [1.54, 1.807) is 6.20 Å². The third-order valence-electron chi connectivity index (χ3n) is 1.33. The summed E-state index contributed by atoms with van der Waals surface area (Å²) >= 11 is 1.43. The second kappa shape index (κ2) is 3.76. The Morgan fingerprint density at radius 3 is 2.75 bits per heavy atom. The number of hydrogen-bond donors (Lipinski definition) is 0. The van der Waals surface area contributed by atoms with Crippen LogP contribution in [0.5, 0.6) is 0 Å². The van der Waals surface area contributed by atoms with Gasteiger partial charge in [-0.3, -0.25) is 0 Å². The minimum absolute atomic E-state index is 0.436. The van der Waals surface area contributed by atoms with Crippen LogP contribution >= 0.6 is 11.3 Å². The van der Waals surface area contributed by atoms with E-state index >= 15 is 0 Å². The molecule has 1 rings (SSSR count). The quantitative estimate of drug-likeness (QED) is 0.650. The van der Waals surface area contributed by atoms with Gasteiger partial charge in [0.05, 0.1) is 0 Å². The van der Waals surface area contributed by atoms with E-state index in [0.29, 0.717) is 11.0 Å². The molecule has 0 bridgehead atoms. The number of thiazole rings is 1. The average Bonchev–Trinajstić information content (AvgIpc) is 2.34. The maximum absolute atomic E-state index is 12.3. The fraction of sp³-hybridized carbons (Fsp3) is 0.500. The standard InChI is InChI=1S/C8H11FN2S/c1-5(2)7-4-10-8(12-7)11-6(3)9/h4-5H,1-3H3. The third kappa shape index (κ3) is 2.37. The molecular formula is C8H11FN2S. The third-order valence-corrected chi connectivity index (χ3v) is 2.52. The second-order valence-electron chi connectivity index (χ2n) is 2.81. The van der Waals surface area contributed by atoms with E-state index in [1.165, 1.54) is 18.3 Å². The highest BCUT2D eigenvalue weighted by Gasteiger charge is 2.04. The molecule has 0 aliphatic heterocycles. The van der Waals surface area contributed by atoms with Crippen LogP contribution < -0.4 is 0 Å². The van der Waals surface area contributed by atoms with E-state index in [9.17, 15) is 4.39 Å². The molecule has 0 saturated carbocycles. The van der Waals surface area contributed by atoms with Crippen molar-refractivity contribution in [1.82, 2.24) is 4.98 Å². The Balaban J connectivity index is 2.85. The van der Waals surface area contributed by atoms with Crippen LogP contribution in [0.4, 0.5) is 9.52 Å². The fourth-order valence-electron chi connectivity index (χ4n) is 0.727. The molecule has 0 saturated heterocycles. The van der Waals surface area contributed by atoms with Gasteiger partial charge in [-0.05, 0) is 5.92 Å². The predicted octanol–water partition coefficient (Wildman–Crippen LogP) is 3.29. The van der Waals surface area contributed by atoms with Gasteiger partial charge in [0.2, 0.25) is 5.13 Å². The molecule has 66 valence electrons. The van der Waals surface area contributed by atoms with Crippen molar-refractivity contribution in [3.63, 3.8) is 0 Å². The molecule has 0 amide bonds. The lowest BCUT2D eigenvalue weighted by Gasteiger charge is -1.94. The van der Waals surface area contributed by atoms with Gasteiger partial charge in [-0.15, -0.1) is 0 Å². The maximum Gasteiger partial charge on any atom is 0.211 e. The van der Waals surface area contributed by atoms with Gasteiger partial charge in [0, 0.05) is 18.0 Å². The number of hydrogen-bond acceptors (Lipinski definition) is 3. The lowest BCUT2D eigenvalue weighted by molar-refractivity contribution is 0.798. The zero-order chi connectivity index (χ0) is 9.14. The lowest BCUT2D eigenvalue weighted by Crippen LogP contribution is -1.77. The van der Waals surface area contributed by atoms with Gasteiger partial charge in [-0.1, -0.05) is 25.2 Å². The molecule has 0 N–H and O–H groups in total. The highest BCUT2D eigenvalue weighted by molar-refractivity contribution is 7.15. The molecule has 0 aliphatic carbocycles. The topological polar surface area (TPSA) is 25.2 Å². The van der Waals surface area contributed by atoms with Gasteiger partial charge in [0.25, 0.3) is 0 Å². The van der Waals surface area contributed by atoms with Crippen LogP contribution in [0.25, 0.3) is 0 Å². The number of aliphatic imine (C=N–C) groups is 1. The van der Waals surface area contributed by atoms with E-state index < -0.39 is 5.97 Å². The first-order chi connectivity index (χ1) is 5.59. The van der Waals surface area contributed by atoms with Crippen molar-refractivity contribution >= 4 is 22.4 Å². The first kappa shape index (κ1) is 9.32. The number of aromatic nitrogens is 1. The van der Waals surface area contributed by atoms with Crippen molar-refractivity contribution < 1.29 is 4.39 Å². The van der Waals surface area contributed by atoms with Gasteiger partial charge in [0.15, 0.2) is 5.97 Å². The fourth-order valence-corrected chi connectivity index (χ4v) is 1.56. The molecule has 0 radical (unpaired) electrons. The summed E-state index contributed by atoms with van der Waals surface area (Å²) in [6.45, 7) is 5.46. The van der Waals surface area contributed by atoms with Crippen LogP contribution in [0.1, 0.15) is 31.6 Å². The molecule has 0 aliphatic rings. The summed E-state index contributed by atoms with van der Waals surface area (Å²) in [7, 11) is 0. The van der Waals surface area contributed by atoms with E-state index in [4.69, 9.17) is 0 Å². The highest BCUT2D eigenvalue weighted by atomic mass is 32.1. The molecule has 0 atom stereocenters. The summed E-state index contributed by atoms with van der Waals surface area (Å²) in [4.78, 5) is 8.72. The van der Waals surface area contributed by atoms with E-state index in [1.807, 2.05) is 0 Å². The normalized spacial score (nSPS) is 12.6. The summed E-state index contributed by atoms with van der Waals surface area (Å²) < 4.78 is 12.3. The van der Waals surface area contributed by atoms with Gasteiger partial charge in [0.1, 0.15) is 0 Å². The van der Waals surface area contributed by atoms with Gasteiger partial charge in [-0.25, -0.2) is 4.98 Å². The second-order valence-corrected chi connectivity index (χ2v) is 3.85. The molecule has 2 nitrogen and oxygen atoms in total. The Morgan fingerprint density at radius 2 is 2.33 bits per heavy atom. The van der Waals surface area contributed by atoms with Crippen LogP contribution in [-0.2, 0) is 0 Å². The van der Waals surface area contributed by atoms with Gasteiger partial charge in [-0.2, -0.15) is 9.38 Å². The van der Waals surface area contributed by atoms with Crippen molar-refractivity contribution in [2.45, 2.75) is 26.7 Å². The lowest BCUT2D eigenvalue weighted by atomic mass is 10.2. The monoisotopic (exact) mass is 186 g/mol. The summed E-state index contributed by atoms with van der Waals surface area (Å²) in [5.74, 6) is -0.00831. The number of halogens is 1. The Labute approximate surface area is 75.2 Å². The molecule has 0 unspecified atom stereocenters. The molecule has 1 aromatic rings. The average molecular weight is 186 g/mol. The number of nitrogens with zero attached hydrogens (tertiary/aromatic N) is 2. The van der Waals surface area contributed by atoms with Crippen LogP contribution in [0.15, 0.2) is 11.2 Å². The van der Waals surface area contributed by atoms with E-state index in [-0.39, 0.29) is 0 Å². The Morgan fingerprint density at radius 1 is 1.67 bits per heavy atom. The number of rotatable bonds is 2. The van der Waals surface area contributed by atoms with Crippen LogP contribution in [0.2, 0.25) is 0 Å². The van der Waals surface area contributed by atoms with Gasteiger partial charge >= 0.3 is 0 Å². The van der Waals surface area contributed by atoms with Crippen molar-refractivity contribution in [3.05, 3.63) is 11.1 Å². The largest absolute Gasteiger partial charge is 0.227 e. The molecule has 0 spiro atoms. The summed E-state index contributed by atoms with van der Waals surface area (Å²) in [5.41, 5.74) is 0. The molecule has 4 heteroatoms. The molecule has 0 aromatic carbocycles. The Hall–Kier alpha value is -0.770. The van der Waals surface area contributed by atoms with E-state index in [2.05, 4.69) is 23.8 Å². The zero-order valence-corrected chi connectivity index (χ0v) is 8.15. The minimum Gasteiger partial charge on any atom is -0.227 e. The zero-order valence-electron chi connectivity index (χ0n) is 7.34. The molecule has 1 aromatic heterocycles. The minimum atomic E-state index is -0.445. The first-order valence-corrected chi connectivity index (χ1v) is 4.57. The summed E-state index contributed by atoms with van der Waals surface area (Å²) in [5, 5.41) is 0.499. The smallest absolute Gasteiger partial charge is 0.211 e. The highest BCUT2D eigenvalue weighted by Crippen LogP contribution is 2.27. The van der Waals surface area contributed by atoms with Crippen LogP contribution in [0, 0.1) is 0 Å². The molecule has 0 fully saturated rings. The predicted molar refractivity (Wildman–Crippen MR) is 50.1 cm³/mol. The van der Waals surface area contributed by atoms with Crippen molar-refractivity contribution in [3.8, 4) is 0 Å². The summed E-state index contributed by atoms with van der Waals surface area (Å²) in [6.07, 6.45) is 1.75. The van der Waals surface area contributed by atoms with Crippen LogP contribution in [0.3, 0.4) is 0 Å². The first-order valence-electron chi connectivity index (χ1n) is 3.76. The molecule has 1 heterocycles. The van der Waals surface area contributed by atoms with Crippen molar-refractivity contribution in [2.75, 3.05) is 0 Å². The van der Waals surface area contributed by atoms with Crippen molar-refractivity contribution in [2.24, 2.45) is 4.99 Å². The SMILES string of the molecule is CC(F)=Nc1ncc(C(C)C)s1. The Bertz CT molecular complexity index is 287. The van der Waals surface area contributed by atoms with Crippen LogP contribution in [-0.4, -0.2) is 10.9 Å². The maximum atomic E-state index is 12.3. The summed E-state index contributed by atoms with van der Waals surface area (Å²) in [6, 6.07) is 0.